The summed E-state index contributed by atoms with van der Waals surface area (Å²) in [6, 6.07) is 9.20. The number of hydrogen-bond donors (Lipinski definition) is 2. The fraction of sp³-hybridized carbons (Fsp3) is 0.167. The van der Waals surface area contributed by atoms with E-state index in [1.54, 1.807) is 13.0 Å². The fourth-order valence-electron chi connectivity index (χ4n) is 2.75. The van der Waals surface area contributed by atoms with Crippen LogP contribution in [0, 0.1) is 12.7 Å². The lowest BCUT2D eigenvalue weighted by molar-refractivity contribution is -0.121. The molecule has 0 radical (unpaired) electrons. The lowest BCUT2D eigenvalue weighted by Gasteiger charge is -2.18. The summed E-state index contributed by atoms with van der Waals surface area (Å²) in [6.45, 7) is 1.68. The molecule has 0 saturated carbocycles. The van der Waals surface area contributed by atoms with Crippen LogP contribution >= 0.6 is 0 Å². The third-order valence-electron chi connectivity index (χ3n) is 4.05. The van der Waals surface area contributed by atoms with Crippen molar-refractivity contribution in [2.75, 3.05) is 10.2 Å². The second kappa shape index (κ2) is 6.35. The molecule has 2 N–H and O–H groups in total. The Morgan fingerprint density at radius 2 is 1.96 bits per heavy atom. The molecule has 7 heteroatoms. The summed E-state index contributed by atoms with van der Waals surface area (Å²) in [5, 5.41) is 11.9. The first-order valence-electron chi connectivity index (χ1n) is 7.60. The Balaban J connectivity index is 1.91. The number of aromatic carboxylic acids is 1. The first-order chi connectivity index (χ1) is 11.9. The molecule has 6 nitrogen and oxygen atoms in total. The van der Waals surface area contributed by atoms with Crippen molar-refractivity contribution in [3.63, 3.8) is 0 Å². The normalized spacial score (nSPS) is 17.0. The second-order valence-corrected chi connectivity index (χ2v) is 5.75. The number of amides is 2. The van der Waals surface area contributed by atoms with Gasteiger partial charge in [0.25, 0.3) is 5.91 Å². The van der Waals surface area contributed by atoms with E-state index in [-0.39, 0.29) is 23.4 Å². The van der Waals surface area contributed by atoms with Crippen molar-refractivity contribution in [3.8, 4) is 0 Å². The largest absolute Gasteiger partial charge is 0.478 e. The molecule has 2 amide bonds. The zero-order valence-electron chi connectivity index (χ0n) is 13.3. The van der Waals surface area contributed by atoms with Crippen LogP contribution in [0.1, 0.15) is 22.3 Å². The fourth-order valence-corrected chi connectivity index (χ4v) is 2.75. The summed E-state index contributed by atoms with van der Waals surface area (Å²) in [4.78, 5) is 37.1. The Kier molecular flexibility index (Phi) is 4.22. The van der Waals surface area contributed by atoms with E-state index >= 15 is 0 Å². The number of para-hydroxylation sites is 1. The van der Waals surface area contributed by atoms with Crippen molar-refractivity contribution in [1.29, 1.82) is 0 Å². The molecular weight excluding hydrogens is 327 g/mol. The number of anilines is 2. The number of rotatable bonds is 4. The molecule has 2 aromatic carbocycles. The Hall–Kier alpha value is -3.22. The molecule has 1 heterocycles. The van der Waals surface area contributed by atoms with Gasteiger partial charge < -0.3 is 10.4 Å². The van der Waals surface area contributed by atoms with Gasteiger partial charge in [-0.3, -0.25) is 9.59 Å². The number of carboxylic acid groups (broad SMARTS) is 1. The molecule has 0 bridgehead atoms. The highest BCUT2D eigenvalue weighted by molar-refractivity contribution is 6.23. The Bertz CT molecular complexity index is 881. The molecule has 2 aromatic rings. The highest BCUT2D eigenvalue weighted by Crippen LogP contribution is 2.29. The van der Waals surface area contributed by atoms with Gasteiger partial charge in [0.2, 0.25) is 5.91 Å². The number of aryl methyl sites for hydroxylation is 1. The van der Waals surface area contributed by atoms with E-state index in [4.69, 9.17) is 5.11 Å². The number of nitrogens with zero attached hydrogens (tertiary/aromatic N) is 1. The van der Waals surface area contributed by atoms with Crippen LogP contribution in [-0.2, 0) is 9.59 Å². The number of carbonyl (C=O) groups is 3. The lowest BCUT2D eigenvalue weighted by atomic mass is 10.1. The molecular formula is C18H15FN2O4. The van der Waals surface area contributed by atoms with E-state index in [1.165, 1.54) is 36.4 Å². The number of hydrogen-bond acceptors (Lipinski definition) is 4. The van der Waals surface area contributed by atoms with Gasteiger partial charge in [-0.2, -0.15) is 0 Å². The van der Waals surface area contributed by atoms with E-state index in [0.29, 0.717) is 5.56 Å². The van der Waals surface area contributed by atoms with Crippen LogP contribution < -0.4 is 10.2 Å². The van der Waals surface area contributed by atoms with Crippen molar-refractivity contribution in [2.24, 2.45) is 0 Å². The van der Waals surface area contributed by atoms with E-state index in [0.717, 1.165) is 4.90 Å². The number of benzene rings is 2. The highest BCUT2D eigenvalue weighted by atomic mass is 19.1. The van der Waals surface area contributed by atoms with Gasteiger partial charge >= 0.3 is 5.97 Å². The number of nitrogens with one attached hydrogen (secondary N) is 1. The summed E-state index contributed by atoms with van der Waals surface area (Å²) in [5.41, 5.74) is 0.934. The predicted octanol–water partition coefficient (Wildman–Crippen LogP) is 2.58. The topological polar surface area (TPSA) is 86.7 Å². The number of carboxylic acids is 1. The molecule has 1 atom stereocenters. The lowest BCUT2D eigenvalue weighted by Crippen LogP contribution is -2.35. The Morgan fingerprint density at radius 3 is 2.64 bits per heavy atom. The van der Waals surface area contributed by atoms with Crippen LogP contribution in [0.2, 0.25) is 0 Å². The third kappa shape index (κ3) is 3.08. The van der Waals surface area contributed by atoms with Gasteiger partial charge in [-0.15, -0.1) is 0 Å². The highest BCUT2D eigenvalue weighted by Gasteiger charge is 2.40. The van der Waals surface area contributed by atoms with Crippen molar-refractivity contribution in [2.45, 2.75) is 19.4 Å². The van der Waals surface area contributed by atoms with Crippen molar-refractivity contribution < 1.29 is 23.9 Å². The molecule has 0 aromatic heterocycles. The van der Waals surface area contributed by atoms with Gasteiger partial charge in [0.1, 0.15) is 11.9 Å². The van der Waals surface area contributed by atoms with Gasteiger partial charge in [0.15, 0.2) is 0 Å². The van der Waals surface area contributed by atoms with Crippen LogP contribution in [-0.4, -0.2) is 28.9 Å². The quantitative estimate of drug-likeness (QED) is 0.834. The maximum Gasteiger partial charge on any atom is 0.335 e. The smallest absolute Gasteiger partial charge is 0.335 e. The Morgan fingerprint density at radius 1 is 1.24 bits per heavy atom. The van der Waals surface area contributed by atoms with E-state index in [2.05, 4.69) is 5.32 Å². The summed E-state index contributed by atoms with van der Waals surface area (Å²) in [7, 11) is 0. The molecule has 3 rings (SSSR count). The van der Waals surface area contributed by atoms with Crippen LogP contribution in [0.15, 0.2) is 42.5 Å². The summed E-state index contributed by atoms with van der Waals surface area (Å²) in [6.07, 6.45) is -0.135. The molecule has 1 aliphatic rings. The minimum Gasteiger partial charge on any atom is -0.478 e. The van der Waals surface area contributed by atoms with Gasteiger partial charge in [-0.05, 0) is 36.8 Å². The molecule has 128 valence electrons. The van der Waals surface area contributed by atoms with E-state index in [9.17, 15) is 18.8 Å². The minimum atomic E-state index is -1.15. The first-order valence-corrected chi connectivity index (χ1v) is 7.60. The molecule has 0 aliphatic carbocycles. The summed E-state index contributed by atoms with van der Waals surface area (Å²) in [5.74, 6) is -2.69. The summed E-state index contributed by atoms with van der Waals surface area (Å²) >= 11 is 0. The van der Waals surface area contributed by atoms with Crippen LogP contribution in [0.4, 0.5) is 15.8 Å². The number of halogens is 1. The third-order valence-corrected chi connectivity index (χ3v) is 4.05. The number of imide groups is 1. The second-order valence-electron chi connectivity index (χ2n) is 5.75. The number of carbonyl (C=O) groups excluding carboxylic acids is 2. The van der Waals surface area contributed by atoms with Gasteiger partial charge in [-0.1, -0.05) is 18.2 Å². The SMILES string of the molecule is Cc1ccc(C(=O)O)cc1N1C(=O)C[C@H](Nc2ccccc2F)C1=O. The molecule has 0 unspecified atom stereocenters. The maximum atomic E-state index is 13.8. The van der Waals surface area contributed by atoms with E-state index < -0.39 is 29.6 Å². The predicted molar refractivity (Wildman–Crippen MR) is 89.1 cm³/mol. The average molecular weight is 342 g/mol. The average Bonchev–Trinajstić information content (AvgIpc) is 2.84. The zero-order valence-corrected chi connectivity index (χ0v) is 13.3. The molecule has 1 aliphatic heterocycles. The van der Waals surface area contributed by atoms with Crippen molar-refractivity contribution in [3.05, 3.63) is 59.4 Å². The van der Waals surface area contributed by atoms with Crippen LogP contribution in [0.5, 0.6) is 0 Å². The van der Waals surface area contributed by atoms with Crippen LogP contribution in [0.25, 0.3) is 0 Å². The summed E-state index contributed by atoms with van der Waals surface area (Å²) < 4.78 is 13.8. The Labute approximate surface area is 142 Å². The monoisotopic (exact) mass is 342 g/mol. The standard InChI is InChI=1S/C18H15FN2O4/c1-10-6-7-11(18(24)25)8-15(10)21-16(22)9-14(17(21)23)20-13-5-3-2-4-12(13)19/h2-8,14,20H,9H2,1H3,(H,24,25)/t14-/m0/s1. The maximum absolute atomic E-state index is 13.8. The van der Waals surface area contributed by atoms with Crippen molar-refractivity contribution >= 4 is 29.2 Å². The van der Waals surface area contributed by atoms with E-state index in [1.807, 2.05) is 0 Å². The van der Waals surface area contributed by atoms with Gasteiger partial charge in [0.05, 0.1) is 23.4 Å². The molecule has 1 fully saturated rings. The first kappa shape index (κ1) is 16.6. The van der Waals surface area contributed by atoms with Gasteiger partial charge in [0, 0.05) is 0 Å². The minimum absolute atomic E-state index is 0.0216. The molecule has 1 saturated heterocycles. The van der Waals surface area contributed by atoms with Crippen molar-refractivity contribution in [1.82, 2.24) is 0 Å². The molecule has 0 spiro atoms. The molecule has 25 heavy (non-hydrogen) atoms. The van der Waals surface area contributed by atoms with Gasteiger partial charge in [-0.25, -0.2) is 14.1 Å². The zero-order chi connectivity index (χ0) is 18.1. The van der Waals surface area contributed by atoms with Crippen LogP contribution in [0.3, 0.4) is 0 Å².